The number of aromatic nitrogens is 2. The largest absolute Gasteiger partial charge is 0.467 e. The second-order valence-corrected chi connectivity index (χ2v) is 9.97. The molecule has 2 aromatic heterocycles. The van der Waals surface area contributed by atoms with E-state index < -0.39 is 6.04 Å². The third-order valence-electron chi connectivity index (χ3n) is 7.07. The van der Waals surface area contributed by atoms with Gasteiger partial charge in [-0.15, -0.1) is 0 Å². The van der Waals surface area contributed by atoms with Crippen LogP contribution in [0.5, 0.6) is 0 Å². The van der Waals surface area contributed by atoms with Crippen molar-refractivity contribution in [3.8, 4) is 5.69 Å². The molecule has 2 heterocycles. The van der Waals surface area contributed by atoms with Crippen LogP contribution >= 0.6 is 11.6 Å². The second kappa shape index (κ2) is 11.7. The van der Waals surface area contributed by atoms with Crippen molar-refractivity contribution >= 4 is 23.6 Å². The van der Waals surface area contributed by atoms with Crippen LogP contribution in [0.15, 0.2) is 100 Å². The average Bonchev–Trinajstić information content (AvgIpc) is 3.35. The zero-order valence-electron chi connectivity index (χ0n) is 22.0. The Balaban J connectivity index is 1.67. The van der Waals surface area contributed by atoms with Crippen molar-refractivity contribution < 1.29 is 9.21 Å². The van der Waals surface area contributed by atoms with E-state index in [0.29, 0.717) is 46.4 Å². The van der Waals surface area contributed by atoms with Gasteiger partial charge < -0.3 is 9.32 Å². The molecule has 0 spiro atoms. The Labute approximate surface area is 232 Å². The Morgan fingerprint density at radius 1 is 1.08 bits per heavy atom. The summed E-state index contributed by atoms with van der Waals surface area (Å²) in [5.74, 6) is 0.719. The maximum absolute atomic E-state index is 14.3. The van der Waals surface area contributed by atoms with Gasteiger partial charge in [-0.25, -0.2) is 4.98 Å². The SMILES string of the molecule is CCC(C(=O)N(Cc1ccco1)C(C)c1nc2c(c(=O)n1-c1ccc(Cl)cc1)C=CC=CC2)c1ccccc1. The molecule has 7 heteroatoms. The number of benzene rings is 2. The van der Waals surface area contributed by atoms with Gasteiger partial charge in [0.25, 0.3) is 5.56 Å². The number of hydrogen-bond donors (Lipinski definition) is 0. The lowest BCUT2D eigenvalue weighted by Crippen LogP contribution is -2.40. The summed E-state index contributed by atoms with van der Waals surface area (Å²) in [5, 5.41) is 0.566. The van der Waals surface area contributed by atoms with E-state index in [0.717, 1.165) is 5.56 Å². The molecule has 5 rings (SSSR count). The van der Waals surface area contributed by atoms with Crippen molar-refractivity contribution in [1.82, 2.24) is 14.5 Å². The molecule has 1 amide bonds. The summed E-state index contributed by atoms with van der Waals surface area (Å²) in [6.07, 6.45) is 10.3. The Kier molecular flexibility index (Phi) is 7.94. The molecular formula is C32H30ClN3O3. The fourth-order valence-electron chi connectivity index (χ4n) is 5.00. The zero-order valence-corrected chi connectivity index (χ0v) is 22.7. The predicted octanol–water partition coefficient (Wildman–Crippen LogP) is 6.89. The molecule has 1 aliphatic carbocycles. The minimum Gasteiger partial charge on any atom is -0.467 e. The zero-order chi connectivity index (χ0) is 27.4. The van der Waals surface area contributed by atoms with Crippen molar-refractivity contribution in [3.63, 3.8) is 0 Å². The summed E-state index contributed by atoms with van der Waals surface area (Å²) in [6, 6.07) is 20.0. The third kappa shape index (κ3) is 5.52. The highest BCUT2D eigenvalue weighted by Gasteiger charge is 2.32. The number of amides is 1. The van der Waals surface area contributed by atoms with Crippen LogP contribution in [0.2, 0.25) is 5.02 Å². The van der Waals surface area contributed by atoms with E-state index in [1.54, 1.807) is 52.1 Å². The van der Waals surface area contributed by atoms with E-state index in [-0.39, 0.29) is 23.9 Å². The van der Waals surface area contributed by atoms with Crippen molar-refractivity contribution in [2.45, 2.75) is 45.2 Å². The summed E-state index contributed by atoms with van der Waals surface area (Å²) in [5.41, 5.74) is 2.60. The standard InChI is InChI=1S/C32H30ClN3O3/c1-3-27(23-11-6-4-7-12-23)31(37)35(21-26-13-10-20-39-26)22(2)30-34-29-15-9-5-8-14-28(29)32(38)36(30)25-18-16-24(33)17-19-25/h4-14,16-20,22,27H,3,15,21H2,1-2H3. The van der Waals surface area contributed by atoms with E-state index in [4.69, 9.17) is 21.0 Å². The van der Waals surface area contributed by atoms with Gasteiger partial charge in [0.05, 0.1) is 41.7 Å². The Hall–Kier alpha value is -4.16. The fourth-order valence-corrected chi connectivity index (χ4v) is 5.13. The number of allylic oxidation sites excluding steroid dienone is 3. The van der Waals surface area contributed by atoms with Crippen molar-refractivity contribution in [2.75, 3.05) is 0 Å². The molecule has 1 aliphatic rings. The smallest absolute Gasteiger partial charge is 0.265 e. The Bertz CT molecular complexity index is 1550. The van der Waals surface area contributed by atoms with Crippen LogP contribution in [0.4, 0.5) is 0 Å². The Morgan fingerprint density at radius 2 is 1.85 bits per heavy atom. The molecule has 2 unspecified atom stereocenters. The van der Waals surface area contributed by atoms with Crippen LogP contribution in [0.3, 0.4) is 0 Å². The lowest BCUT2D eigenvalue weighted by molar-refractivity contribution is -0.136. The van der Waals surface area contributed by atoms with E-state index in [9.17, 15) is 9.59 Å². The maximum Gasteiger partial charge on any atom is 0.265 e. The minimum absolute atomic E-state index is 0.0563. The number of hydrogen-bond acceptors (Lipinski definition) is 4. The number of rotatable bonds is 8. The van der Waals surface area contributed by atoms with Gasteiger partial charge in [-0.2, -0.15) is 0 Å². The third-order valence-corrected chi connectivity index (χ3v) is 7.32. The van der Waals surface area contributed by atoms with Gasteiger partial charge in [-0.1, -0.05) is 67.1 Å². The fraction of sp³-hybridized carbons (Fsp3) is 0.219. The van der Waals surface area contributed by atoms with Crippen LogP contribution in [0.25, 0.3) is 11.8 Å². The Morgan fingerprint density at radius 3 is 2.54 bits per heavy atom. The molecule has 0 saturated carbocycles. The molecule has 0 bridgehead atoms. The molecule has 2 atom stereocenters. The van der Waals surface area contributed by atoms with Crippen molar-refractivity contribution in [1.29, 1.82) is 0 Å². The molecule has 0 fully saturated rings. The van der Waals surface area contributed by atoms with Gasteiger partial charge in [0.1, 0.15) is 11.6 Å². The van der Waals surface area contributed by atoms with Crippen LogP contribution in [-0.2, 0) is 17.8 Å². The van der Waals surface area contributed by atoms with Gasteiger partial charge in [0, 0.05) is 11.4 Å². The molecule has 2 aromatic carbocycles. The monoisotopic (exact) mass is 539 g/mol. The first-order chi connectivity index (χ1) is 19.0. The van der Waals surface area contributed by atoms with Gasteiger partial charge >= 0.3 is 0 Å². The topological polar surface area (TPSA) is 68.3 Å². The first-order valence-electron chi connectivity index (χ1n) is 13.1. The molecule has 198 valence electrons. The molecule has 0 radical (unpaired) electrons. The quantitative estimate of drug-likeness (QED) is 0.244. The molecule has 39 heavy (non-hydrogen) atoms. The van der Waals surface area contributed by atoms with Gasteiger partial charge in [0.2, 0.25) is 5.91 Å². The molecule has 4 aromatic rings. The average molecular weight is 540 g/mol. The lowest BCUT2D eigenvalue weighted by Gasteiger charge is -2.33. The van der Waals surface area contributed by atoms with E-state index in [1.165, 1.54) is 0 Å². The van der Waals surface area contributed by atoms with Crippen molar-refractivity contribution in [2.24, 2.45) is 0 Å². The number of carbonyl (C=O) groups is 1. The molecule has 0 N–H and O–H groups in total. The summed E-state index contributed by atoms with van der Waals surface area (Å²) in [4.78, 5) is 35.0. The highest BCUT2D eigenvalue weighted by molar-refractivity contribution is 6.30. The van der Waals surface area contributed by atoms with Gasteiger partial charge in [-0.3, -0.25) is 14.2 Å². The summed E-state index contributed by atoms with van der Waals surface area (Å²) >= 11 is 6.17. The molecule has 0 aliphatic heterocycles. The lowest BCUT2D eigenvalue weighted by atomic mass is 9.94. The number of furan rings is 1. The second-order valence-electron chi connectivity index (χ2n) is 9.53. The van der Waals surface area contributed by atoms with E-state index in [1.807, 2.05) is 68.5 Å². The first kappa shape index (κ1) is 26.4. The number of fused-ring (bicyclic) bond motifs is 1. The van der Waals surface area contributed by atoms with E-state index >= 15 is 0 Å². The number of halogens is 1. The van der Waals surface area contributed by atoms with Crippen LogP contribution in [0.1, 0.15) is 60.6 Å². The molecule has 0 saturated heterocycles. The highest BCUT2D eigenvalue weighted by atomic mass is 35.5. The predicted molar refractivity (Wildman–Crippen MR) is 154 cm³/mol. The van der Waals surface area contributed by atoms with Crippen LogP contribution < -0.4 is 5.56 Å². The van der Waals surface area contributed by atoms with Crippen molar-refractivity contribution in [3.05, 3.63) is 135 Å². The summed E-state index contributed by atoms with van der Waals surface area (Å²) in [6.45, 7) is 4.17. The molecular weight excluding hydrogens is 510 g/mol. The van der Waals surface area contributed by atoms with Crippen LogP contribution in [-0.4, -0.2) is 20.4 Å². The number of carbonyl (C=O) groups excluding carboxylic acids is 1. The van der Waals surface area contributed by atoms with Gasteiger partial charge in [-0.05, 0) is 61.4 Å². The maximum atomic E-state index is 14.3. The highest BCUT2D eigenvalue weighted by Crippen LogP contribution is 2.30. The normalized spacial score (nSPS) is 13.9. The molecule has 6 nitrogen and oxygen atoms in total. The minimum atomic E-state index is -0.551. The summed E-state index contributed by atoms with van der Waals surface area (Å²) < 4.78 is 7.26. The number of nitrogens with zero attached hydrogens (tertiary/aromatic N) is 3. The van der Waals surface area contributed by atoms with Gasteiger partial charge in [0.15, 0.2) is 0 Å². The van der Waals surface area contributed by atoms with Crippen LogP contribution in [0, 0.1) is 0 Å². The summed E-state index contributed by atoms with van der Waals surface area (Å²) in [7, 11) is 0. The first-order valence-corrected chi connectivity index (χ1v) is 13.5. The van der Waals surface area contributed by atoms with E-state index in [2.05, 4.69) is 0 Å².